The van der Waals surface area contributed by atoms with Crippen molar-refractivity contribution in [2.75, 3.05) is 18.3 Å². The fourth-order valence-corrected chi connectivity index (χ4v) is 6.06. The summed E-state index contributed by atoms with van der Waals surface area (Å²) in [5.74, 6) is 0. The second kappa shape index (κ2) is 9.00. The maximum absolute atomic E-state index is 13.1. The number of nitrogens with zero attached hydrogens (tertiary/aromatic N) is 1. The van der Waals surface area contributed by atoms with E-state index in [1.165, 1.54) is 23.3 Å². The number of sulfonamides is 1. The summed E-state index contributed by atoms with van der Waals surface area (Å²) in [5.41, 5.74) is 4.03. The van der Waals surface area contributed by atoms with Crippen LogP contribution in [0.2, 0.25) is 15.1 Å². The SMILES string of the molecule is CN1CCc2ccccc2C1Cc1ccccc1NS(=O)(=O)c1cc(Cl)c(Cl)cc1Cl. The lowest BCUT2D eigenvalue weighted by Crippen LogP contribution is -2.33. The van der Waals surface area contributed by atoms with Gasteiger partial charge in [0.1, 0.15) is 4.90 Å². The molecule has 0 aliphatic carbocycles. The van der Waals surface area contributed by atoms with Crippen molar-refractivity contribution in [3.05, 3.63) is 92.4 Å². The smallest absolute Gasteiger partial charge is 0.263 e. The van der Waals surface area contributed by atoms with Crippen molar-refractivity contribution >= 4 is 50.5 Å². The molecule has 1 unspecified atom stereocenters. The Labute approximate surface area is 197 Å². The summed E-state index contributed by atoms with van der Waals surface area (Å²) in [4.78, 5) is 2.20. The maximum atomic E-state index is 13.1. The molecule has 1 heterocycles. The fraction of sp³-hybridized carbons (Fsp3) is 0.217. The summed E-state index contributed by atoms with van der Waals surface area (Å²) in [7, 11) is -1.86. The Hall–Kier alpha value is -1.76. The molecule has 4 nitrogen and oxygen atoms in total. The molecule has 0 amide bonds. The highest BCUT2D eigenvalue weighted by atomic mass is 35.5. The van der Waals surface area contributed by atoms with E-state index in [4.69, 9.17) is 34.8 Å². The molecule has 3 aromatic rings. The number of fused-ring (bicyclic) bond motifs is 1. The monoisotopic (exact) mass is 494 g/mol. The van der Waals surface area contributed by atoms with E-state index in [0.29, 0.717) is 12.1 Å². The first-order chi connectivity index (χ1) is 14.8. The zero-order chi connectivity index (χ0) is 22.2. The molecule has 0 saturated heterocycles. The van der Waals surface area contributed by atoms with Gasteiger partial charge in [-0.3, -0.25) is 9.62 Å². The number of nitrogens with one attached hydrogen (secondary N) is 1. The molecule has 0 saturated carbocycles. The third-order valence-corrected chi connectivity index (χ3v) is 8.17. The number of halogens is 3. The van der Waals surface area contributed by atoms with Crippen LogP contribution in [0.3, 0.4) is 0 Å². The first kappa shape index (κ1) is 22.4. The summed E-state index contributed by atoms with van der Waals surface area (Å²) < 4.78 is 28.9. The van der Waals surface area contributed by atoms with Crippen molar-refractivity contribution in [3.63, 3.8) is 0 Å². The lowest BCUT2D eigenvalue weighted by Gasteiger charge is -2.35. The predicted molar refractivity (Wildman–Crippen MR) is 128 cm³/mol. The highest BCUT2D eigenvalue weighted by Gasteiger charge is 2.26. The molecule has 1 aliphatic rings. The van der Waals surface area contributed by atoms with Crippen LogP contribution in [0.5, 0.6) is 0 Å². The van der Waals surface area contributed by atoms with Gasteiger partial charge in [-0.25, -0.2) is 8.42 Å². The average Bonchev–Trinajstić information content (AvgIpc) is 2.73. The molecule has 0 fully saturated rings. The standard InChI is InChI=1S/C23H21Cl3N2O2S/c1-28-11-10-15-6-2-4-8-17(15)22(28)12-16-7-3-5-9-21(16)27-31(29,30)23-14-19(25)18(24)13-20(23)26/h2-9,13-14,22,27H,10-12H2,1H3. The first-order valence-corrected chi connectivity index (χ1v) is 12.4. The minimum absolute atomic E-state index is 0.0142. The number of likely N-dealkylation sites (N-methyl/N-ethyl adjacent to an activating group) is 1. The Balaban J connectivity index is 1.67. The van der Waals surface area contributed by atoms with Gasteiger partial charge in [0.05, 0.1) is 20.8 Å². The summed E-state index contributed by atoms with van der Waals surface area (Å²) in [5, 5.41) is 0.338. The lowest BCUT2D eigenvalue weighted by atomic mass is 9.89. The molecular weight excluding hydrogens is 475 g/mol. The molecule has 31 heavy (non-hydrogen) atoms. The van der Waals surface area contributed by atoms with Gasteiger partial charge in [0.2, 0.25) is 0 Å². The minimum atomic E-state index is -3.96. The Bertz CT molecular complexity index is 1230. The van der Waals surface area contributed by atoms with E-state index in [9.17, 15) is 8.42 Å². The van der Waals surface area contributed by atoms with E-state index in [1.807, 2.05) is 18.2 Å². The number of benzene rings is 3. The van der Waals surface area contributed by atoms with Crippen LogP contribution in [0.15, 0.2) is 65.6 Å². The van der Waals surface area contributed by atoms with Crippen molar-refractivity contribution in [1.82, 2.24) is 4.90 Å². The van der Waals surface area contributed by atoms with Gasteiger partial charge in [-0.2, -0.15) is 0 Å². The Morgan fingerprint density at radius 1 is 0.968 bits per heavy atom. The fourth-order valence-electron chi connectivity index (χ4n) is 3.96. The molecule has 162 valence electrons. The summed E-state index contributed by atoms with van der Waals surface area (Å²) in [6, 6.07) is 18.6. The lowest BCUT2D eigenvalue weighted by molar-refractivity contribution is 0.229. The van der Waals surface area contributed by atoms with Crippen LogP contribution in [0, 0.1) is 0 Å². The van der Waals surface area contributed by atoms with E-state index in [2.05, 4.69) is 34.9 Å². The van der Waals surface area contributed by atoms with Gasteiger partial charge in [-0.15, -0.1) is 0 Å². The normalized spacial score (nSPS) is 16.7. The maximum Gasteiger partial charge on any atom is 0.263 e. The van der Waals surface area contributed by atoms with Crippen LogP contribution in [0.1, 0.15) is 22.7 Å². The summed E-state index contributed by atoms with van der Waals surface area (Å²) >= 11 is 18.1. The Kier molecular flexibility index (Phi) is 6.52. The molecule has 0 spiro atoms. The van der Waals surface area contributed by atoms with E-state index in [-0.39, 0.29) is 26.0 Å². The van der Waals surface area contributed by atoms with Gasteiger partial charge in [0.25, 0.3) is 10.0 Å². The predicted octanol–water partition coefficient (Wildman–Crippen LogP) is 6.22. The quantitative estimate of drug-likeness (QED) is 0.428. The van der Waals surface area contributed by atoms with Crippen LogP contribution < -0.4 is 4.72 Å². The third kappa shape index (κ3) is 4.71. The van der Waals surface area contributed by atoms with Gasteiger partial charge in [0.15, 0.2) is 0 Å². The van der Waals surface area contributed by atoms with Gasteiger partial charge in [-0.1, -0.05) is 77.3 Å². The molecule has 1 N–H and O–H groups in total. The second-order valence-electron chi connectivity index (χ2n) is 7.61. The van der Waals surface area contributed by atoms with Crippen LogP contribution >= 0.6 is 34.8 Å². The van der Waals surface area contributed by atoms with Crippen molar-refractivity contribution in [1.29, 1.82) is 0 Å². The van der Waals surface area contributed by atoms with Crippen LogP contribution in [0.4, 0.5) is 5.69 Å². The number of anilines is 1. The van der Waals surface area contributed by atoms with Gasteiger partial charge < -0.3 is 0 Å². The largest absolute Gasteiger partial charge is 0.299 e. The van der Waals surface area contributed by atoms with E-state index >= 15 is 0 Å². The van der Waals surface area contributed by atoms with Crippen LogP contribution in [-0.2, 0) is 22.9 Å². The second-order valence-corrected chi connectivity index (χ2v) is 10.5. The Morgan fingerprint density at radius 2 is 1.65 bits per heavy atom. The van der Waals surface area contributed by atoms with E-state index in [0.717, 1.165) is 18.5 Å². The highest BCUT2D eigenvalue weighted by molar-refractivity contribution is 7.92. The van der Waals surface area contributed by atoms with Crippen molar-refractivity contribution in [3.8, 4) is 0 Å². The molecular formula is C23H21Cl3N2O2S. The van der Waals surface area contributed by atoms with Gasteiger partial charge in [-0.05, 0) is 54.8 Å². The molecule has 0 aromatic heterocycles. The molecule has 0 radical (unpaired) electrons. The van der Waals surface area contributed by atoms with Crippen LogP contribution in [-0.4, -0.2) is 26.9 Å². The summed E-state index contributed by atoms with van der Waals surface area (Å²) in [6.45, 7) is 0.953. The average molecular weight is 496 g/mol. The topological polar surface area (TPSA) is 49.4 Å². The minimum Gasteiger partial charge on any atom is -0.299 e. The van der Waals surface area contributed by atoms with Crippen molar-refractivity contribution < 1.29 is 8.42 Å². The summed E-state index contributed by atoms with van der Waals surface area (Å²) in [6.07, 6.45) is 1.68. The van der Waals surface area contributed by atoms with Gasteiger partial charge >= 0.3 is 0 Å². The molecule has 0 bridgehead atoms. The molecule has 1 atom stereocenters. The number of rotatable bonds is 5. The molecule has 4 rings (SSSR count). The zero-order valence-electron chi connectivity index (χ0n) is 16.8. The van der Waals surface area contributed by atoms with Crippen molar-refractivity contribution in [2.45, 2.75) is 23.8 Å². The van der Waals surface area contributed by atoms with E-state index in [1.54, 1.807) is 12.1 Å². The number of para-hydroxylation sites is 1. The molecule has 3 aromatic carbocycles. The number of hydrogen-bond acceptors (Lipinski definition) is 3. The molecule has 1 aliphatic heterocycles. The van der Waals surface area contributed by atoms with Crippen molar-refractivity contribution in [2.24, 2.45) is 0 Å². The first-order valence-electron chi connectivity index (χ1n) is 9.79. The highest BCUT2D eigenvalue weighted by Crippen LogP contribution is 2.35. The zero-order valence-corrected chi connectivity index (χ0v) is 19.9. The van der Waals surface area contributed by atoms with E-state index < -0.39 is 10.0 Å². The Morgan fingerprint density at radius 3 is 2.45 bits per heavy atom. The third-order valence-electron chi connectivity index (χ3n) is 5.62. The molecule has 8 heteroatoms. The number of hydrogen-bond donors (Lipinski definition) is 1. The van der Waals surface area contributed by atoms with Crippen LogP contribution in [0.25, 0.3) is 0 Å². The van der Waals surface area contributed by atoms with Gasteiger partial charge in [0, 0.05) is 12.6 Å².